The molecule has 1 saturated heterocycles. The van der Waals surface area contributed by atoms with Crippen molar-refractivity contribution in [3.05, 3.63) is 53.6 Å². The normalized spacial score (nSPS) is 19.5. The first-order chi connectivity index (χ1) is 16.5. The number of piperidine rings is 1. The molecule has 3 rings (SSSR count). The van der Waals surface area contributed by atoms with Crippen LogP contribution >= 0.6 is 0 Å². The van der Waals surface area contributed by atoms with Crippen molar-refractivity contribution < 1.29 is 31.8 Å². The monoisotopic (exact) mass is 496 g/mol. The van der Waals surface area contributed by atoms with E-state index in [0.29, 0.717) is 24.9 Å². The summed E-state index contributed by atoms with van der Waals surface area (Å²) < 4.78 is 64.4. The molecule has 2 unspecified atom stereocenters. The molecule has 2 aromatic rings. The number of likely N-dealkylation sites (tertiary alicyclic amines) is 1. The molecule has 0 N–H and O–H groups in total. The average Bonchev–Trinajstić information content (AvgIpc) is 2.79. The molecule has 0 radical (unpaired) electrons. The van der Waals surface area contributed by atoms with Crippen molar-refractivity contribution in [2.45, 2.75) is 77.1 Å². The first-order valence-corrected chi connectivity index (χ1v) is 11.9. The Morgan fingerprint density at radius 1 is 1.17 bits per heavy atom. The molecule has 1 amide bonds. The summed E-state index contributed by atoms with van der Waals surface area (Å²) in [5.41, 5.74) is -0.807. The van der Waals surface area contributed by atoms with Gasteiger partial charge in [-0.2, -0.15) is 13.2 Å². The Balaban J connectivity index is 1.83. The first-order valence-electron chi connectivity index (χ1n) is 11.9. The third-order valence-corrected chi connectivity index (χ3v) is 6.54. The number of hydrogen-bond acceptors (Lipinski definition) is 4. The zero-order valence-electron chi connectivity index (χ0n) is 20.5. The van der Waals surface area contributed by atoms with Crippen LogP contribution in [0.2, 0.25) is 0 Å². The van der Waals surface area contributed by atoms with Gasteiger partial charge in [-0.1, -0.05) is 6.92 Å². The van der Waals surface area contributed by atoms with Gasteiger partial charge in [-0.25, -0.2) is 4.39 Å². The lowest BCUT2D eigenvalue weighted by Crippen LogP contribution is -2.57. The summed E-state index contributed by atoms with van der Waals surface area (Å²) in [5.74, 6) is -0.727. The van der Waals surface area contributed by atoms with Crippen LogP contribution in [0.4, 0.5) is 17.6 Å². The van der Waals surface area contributed by atoms with E-state index in [2.05, 4.69) is 4.98 Å². The third kappa shape index (κ3) is 6.05. The number of carbonyl (C=O) groups excluding carboxylic acids is 1. The standard InChI is InChI=1S/C26H32F4N2O3/c1-5-21(20-14-31-15-22(27)24(20)35-17(2)3)25(4)12-6-7-13-32(25)23(33)16-34-19-10-8-18(9-11-19)26(28,29)30/h8-11,14-15,17,21H,5-7,12-13,16H2,1-4H3. The summed E-state index contributed by atoms with van der Waals surface area (Å²) in [6.07, 6.45) is 1.10. The molecule has 35 heavy (non-hydrogen) atoms. The number of alkyl halides is 3. The number of rotatable bonds is 8. The molecule has 0 bridgehead atoms. The maximum absolute atomic E-state index is 14.7. The Morgan fingerprint density at radius 3 is 2.46 bits per heavy atom. The highest BCUT2D eigenvalue weighted by molar-refractivity contribution is 5.79. The van der Waals surface area contributed by atoms with Crippen LogP contribution in [0, 0.1) is 5.82 Å². The van der Waals surface area contributed by atoms with E-state index in [9.17, 15) is 22.4 Å². The Bertz CT molecular complexity index is 1010. The Labute approximate surface area is 203 Å². The smallest absolute Gasteiger partial charge is 0.416 e. The van der Waals surface area contributed by atoms with E-state index < -0.39 is 23.1 Å². The van der Waals surface area contributed by atoms with Gasteiger partial charge in [0.15, 0.2) is 18.2 Å². The van der Waals surface area contributed by atoms with E-state index in [-0.39, 0.29) is 36.0 Å². The Morgan fingerprint density at radius 2 is 1.86 bits per heavy atom. The van der Waals surface area contributed by atoms with Crippen LogP contribution in [0.1, 0.15) is 70.4 Å². The molecule has 9 heteroatoms. The van der Waals surface area contributed by atoms with Crippen LogP contribution in [0.5, 0.6) is 11.5 Å². The minimum absolute atomic E-state index is 0.155. The van der Waals surface area contributed by atoms with Gasteiger partial charge < -0.3 is 14.4 Å². The fraction of sp³-hybridized carbons (Fsp3) is 0.538. The third-order valence-electron chi connectivity index (χ3n) is 6.54. The summed E-state index contributed by atoms with van der Waals surface area (Å²) in [6, 6.07) is 4.25. The summed E-state index contributed by atoms with van der Waals surface area (Å²) in [6.45, 7) is 7.80. The maximum atomic E-state index is 14.7. The highest BCUT2D eigenvalue weighted by Gasteiger charge is 2.45. The first kappa shape index (κ1) is 26.8. The van der Waals surface area contributed by atoms with Crippen LogP contribution in [-0.2, 0) is 11.0 Å². The fourth-order valence-electron chi connectivity index (χ4n) is 4.92. The van der Waals surface area contributed by atoms with Gasteiger partial charge in [0, 0.05) is 29.8 Å². The number of ether oxygens (including phenoxy) is 2. The van der Waals surface area contributed by atoms with E-state index in [0.717, 1.165) is 31.2 Å². The molecule has 192 valence electrons. The molecule has 1 aromatic carbocycles. The predicted molar refractivity (Wildman–Crippen MR) is 124 cm³/mol. The number of amides is 1. The predicted octanol–water partition coefficient (Wildman–Crippen LogP) is 6.37. The van der Waals surface area contributed by atoms with Gasteiger partial charge in [-0.15, -0.1) is 0 Å². The lowest BCUT2D eigenvalue weighted by molar-refractivity contribution is -0.143. The van der Waals surface area contributed by atoms with Gasteiger partial charge in [0.2, 0.25) is 0 Å². The quantitative estimate of drug-likeness (QED) is 0.399. The summed E-state index contributed by atoms with van der Waals surface area (Å²) in [4.78, 5) is 19.1. The van der Waals surface area contributed by atoms with Gasteiger partial charge in [-0.3, -0.25) is 9.78 Å². The highest BCUT2D eigenvalue weighted by Crippen LogP contribution is 2.45. The van der Waals surface area contributed by atoms with Crippen molar-refractivity contribution in [3.63, 3.8) is 0 Å². The minimum atomic E-state index is -4.44. The molecular weight excluding hydrogens is 464 g/mol. The topological polar surface area (TPSA) is 51.7 Å². The molecular formula is C26H32F4N2O3. The zero-order valence-corrected chi connectivity index (χ0v) is 20.5. The van der Waals surface area contributed by atoms with Crippen LogP contribution in [-0.4, -0.2) is 40.6 Å². The van der Waals surface area contributed by atoms with Crippen molar-refractivity contribution >= 4 is 5.91 Å². The van der Waals surface area contributed by atoms with Crippen molar-refractivity contribution in [1.29, 1.82) is 0 Å². The number of nitrogens with zero attached hydrogens (tertiary/aromatic N) is 2. The van der Waals surface area contributed by atoms with Crippen LogP contribution in [0.3, 0.4) is 0 Å². The number of aromatic nitrogens is 1. The second-order valence-electron chi connectivity index (χ2n) is 9.34. The average molecular weight is 497 g/mol. The SMILES string of the molecule is CCC(c1cncc(F)c1OC(C)C)C1(C)CCCCN1C(=O)COc1ccc(C(F)(F)F)cc1. The van der Waals surface area contributed by atoms with Crippen LogP contribution in [0.15, 0.2) is 36.7 Å². The lowest BCUT2D eigenvalue weighted by atomic mass is 9.72. The Hall–Kier alpha value is -2.84. The summed E-state index contributed by atoms with van der Waals surface area (Å²) in [7, 11) is 0. The molecule has 1 aliphatic heterocycles. The van der Waals surface area contributed by atoms with Gasteiger partial charge in [0.1, 0.15) is 5.75 Å². The molecule has 0 spiro atoms. The molecule has 5 nitrogen and oxygen atoms in total. The van der Waals surface area contributed by atoms with E-state index in [1.54, 1.807) is 11.1 Å². The number of pyridine rings is 1. The van der Waals surface area contributed by atoms with E-state index in [1.807, 2.05) is 27.7 Å². The largest absolute Gasteiger partial charge is 0.488 e. The lowest BCUT2D eigenvalue weighted by Gasteiger charge is -2.50. The maximum Gasteiger partial charge on any atom is 0.416 e. The number of halogens is 4. The van der Waals surface area contributed by atoms with Crippen molar-refractivity contribution in [1.82, 2.24) is 9.88 Å². The second-order valence-corrected chi connectivity index (χ2v) is 9.34. The summed E-state index contributed by atoms with van der Waals surface area (Å²) >= 11 is 0. The van der Waals surface area contributed by atoms with Crippen molar-refractivity contribution in [2.24, 2.45) is 0 Å². The highest BCUT2D eigenvalue weighted by atomic mass is 19.4. The number of hydrogen-bond donors (Lipinski definition) is 0. The molecule has 1 aliphatic rings. The molecule has 2 atom stereocenters. The van der Waals surface area contributed by atoms with Gasteiger partial charge in [-0.05, 0) is 70.7 Å². The van der Waals surface area contributed by atoms with Crippen LogP contribution < -0.4 is 9.47 Å². The van der Waals surface area contributed by atoms with Gasteiger partial charge >= 0.3 is 6.18 Å². The molecule has 0 aliphatic carbocycles. The fourth-order valence-corrected chi connectivity index (χ4v) is 4.92. The van der Waals surface area contributed by atoms with E-state index in [1.165, 1.54) is 12.1 Å². The molecule has 1 fully saturated rings. The Kier molecular flexibility index (Phi) is 8.28. The minimum Gasteiger partial charge on any atom is -0.488 e. The van der Waals surface area contributed by atoms with Crippen molar-refractivity contribution in [3.8, 4) is 11.5 Å². The molecule has 1 aromatic heterocycles. The zero-order chi connectivity index (χ0) is 25.8. The summed E-state index contributed by atoms with van der Waals surface area (Å²) in [5, 5.41) is 0. The van der Waals surface area contributed by atoms with E-state index >= 15 is 0 Å². The number of carbonyl (C=O) groups is 1. The molecule has 2 heterocycles. The number of benzene rings is 1. The van der Waals surface area contributed by atoms with Crippen LogP contribution in [0.25, 0.3) is 0 Å². The van der Waals surface area contributed by atoms with Gasteiger partial charge in [0.05, 0.1) is 17.9 Å². The molecule has 0 saturated carbocycles. The van der Waals surface area contributed by atoms with Crippen molar-refractivity contribution in [2.75, 3.05) is 13.2 Å². The van der Waals surface area contributed by atoms with E-state index in [4.69, 9.17) is 9.47 Å². The second kappa shape index (κ2) is 10.8. The van der Waals surface area contributed by atoms with Gasteiger partial charge in [0.25, 0.3) is 5.91 Å².